The molecule has 2 rings (SSSR count). The standard InChI is InChI=1S/C16H22N2O/c1-11-8-9-14(13(3)10-11)16(19)18-17-15-7-5-4-6-12(15)2/h8-10,12H,4-7H2,1-3H3,(H,18,19)/b17-15+. The normalized spacial score (nSPS) is 21.4. The Morgan fingerprint density at radius 1 is 1.32 bits per heavy atom. The molecule has 1 fully saturated rings. The monoisotopic (exact) mass is 258 g/mol. The van der Waals surface area contributed by atoms with Crippen LogP contribution in [0.3, 0.4) is 0 Å². The second-order valence-electron chi connectivity index (χ2n) is 5.51. The van der Waals surface area contributed by atoms with Crippen molar-refractivity contribution in [1.82, 2.24) is 5.43 Å². The maximum absolute atomic E-state index is 12.1. The molecular weight excluding hydrogens is 236 g/mol. The maximum atomic E-state index is 12.1. The SMILES string of the molecule is Cc1ccc(C(=O)N/N=C2\CCCCC2C)c(C)c1. The second kappa shape index (κ2) is 6.00. The smallest absolute Gasteiger partial charge is 0.267 e. The van der Waals surface area contributed by atoms with E-state index in [1.807, 2.05) is 32.0 Å². The summed E-state index contributed by atoms with van der Waals surface area (Å²) in [6.45, 7) is 6.16. The van der Waals surface area contributed by atoms with Crippen molar-refractivity contribution in [2.45, 2.75) is 46.5 Å². The van der Waals surface area contributed by atoms with E-state index in [4.69, 9.17) is 0 Å². The predicted molar refractivity (Wildman–Crippen MR) is 78.4 cm³/mol. The second-order valence-corrected chi connectivity index (χ2v) is 5.51. The maximum Gasteiger partial charge on any atom is 0.271 e. The van der Waals surface area contributed by atoms with Crippen LogP contribution < -0.4 is 5.43 Å². The molecule has 3 nitrogen and oxygen atoms in total. The number of nitrogens with one attached hydrogen (secondary N) is 1. The largest absolute Gasteiger partial charge is 0.271 e. The van der Waals surface area contributed by atoms with Crippen molar-refractivity contribution >= 4 is 11.6 Å². The van der Waals surface area contributed by atoms with Crippen LogP contribution in [0.1, 0.15) is 54.1 Å². The molecule has 3 heteroatoms. The Bertz CT molecular complexity index is 505. The van der Waals surface area contributed by atoms with Crippen LogP contribution in [0.15, 0.2) is 23.3 Å². The number of hydrazone groups is 1. The van der Waals surface area contributed by atoms with Crippen LogP contribution in [0.2, 0.25) is 0 Å². The summed E-state index contributed by atoms with van der Waals surface area (Å²) in [4.78, 5) is 12.1. The molecule has 0 heterocycles. The van der Waals surface area contributed by atoms with E-state index in [1.54, 1.807) is 0 Å². The Labute approximate surface area is 115 Å². The Morgan fingerprint density at radius 2 is 2.11 bits per heavy atom. The molecule has 0 bridgehead atoms. The first-order valence-electron chi connectivity index (χ1n) is 7.02. The lowest BCUT2D eigenvalue weighted by molar-refractivity contribution is 0.0954. The van der Waals surface area contributed by atoms with E-state index >= 15 is 0 Å². The van der Waals surface area contributed by atoms with E-state index in [2.05, 4.69) is 17.5 Å². The van der Waals surface area contributed by atoms with E-state index in [-0.39, 0.29) is 5.91 Å². The third kappa shape index (κ3) is 3.43. The van der Waals surface area contributed by atoms with Gasteiger partial charge in [-0.3, -0.25) is 4.79 Å². The van der Waals surface area contributed by atoms with Gasteiger partial charge in [0.25, 0.3) is 5.91 Å². The van der Waals surface area contributed by atoms with Crippen molar-refractivity contribution in [2.24, 2.45) is 11.0 Å². The average Bonchev–Trinajstić information content (AvgIpc) is 2.37. The van der Waals surface area contributed by atoms with Crippen LogP contribution in [-0.2, 0) is 0 Å². The molecule has 1 aromatic carbocycles. The Morgan fingerprint density at radius 3 is 2.79 bits per heavy atom. The number of nitrogens with zero attached hydrogens (tertiary/aromatic N) is 1. The fraction of sp³-hybridized carbons (Fsp3) is 0.500. The topological polar surface area (TPSA) is 41.5 Å². The fourth-order valence-corrected chi connectivity index (χ4v) is 2.59. The molecule has 1 atom stereocenters. The number of aryl methyl sites for hydroxylation is 2. The highest BCUT2D eigenvalue weighted by atomic mass is 16.2. The first-order valence-corrected chi connectivity index (χ1v) is 7.02. The van der Waals surface area contributed by atoms with Gasteiger partial charge in [-0.1, -0.05) is 31.0 Å². The van der Waals surface area contributed by atoms with E-state index < -0.39 is 0 Å². The van der Waals surface area contributed by atoms with Crippen molar-refractivity contribution in [1.29, 1.82) is 0 Å². The highest BCUT2D eigenvalue weighted by molar-refractivity contribution is 5.97. The van der Waals surface area contributed by atoms with Gasteiger partial charge in [0.15, 0.2) is 0 Å². The number of carbonyl (C=O) groups is 1. The van der Waals surface area contributed by atoms with Gasteiger partial charge in [-0.25, -0.2) is 5.43 Å². The minimum absolute atomic E-state index is 0.109. The zero-order valence-corrected chi connectivity index (χ0v) is 12.0. The Kier molecular flexibility index (Phi) is 4.35. The van der Waals surface area contributed by atoms with Crippen molar-refractivity contribution < 1.29 is 4.79 Å². The Balaban J connectivity index is 2.06. The lowest BCUT2D eigenvalue weighted by Crippen LogP contribution is -2.24. The number of hydrogen-bond acceptors (Lipinski definition) is 2. The minimum atomic E-state index is -0.109. The number of benzene rings is 1. The van der Waals surface area contributed by atoms with Crippen LogP contribution in [0.4, 0.5) is 0 Å². The van der Waals surface area contributed by atoms with Gasteiger partial charge in [-0.15, -0.1) is 0 Å². The molecule has 0 aliphatic heterocycles. The first-order chi connectivity index (χ1) is 9.08. The fourth-order valence-electron chi connectivity index (χ4n) is 2.59. The third-order valence-corrected chi connectivity index (χ3v) is 3.82. The van der Waals surface area contributed by atoms with Crippen LogP contribution in [0, 0.1) is 19.8 Å². The molecule has 0 saturated heterocycles. The molecule has 1 N–H and O–H groups in total. The average molecular weight is 258 g/mol. The molecule has 1 aliphatic carbocycles. The highest BCUT2D eigenvalue weighted by Crippen LogP contribution is 2.20. The summed E-state index contributed by atoms with van der Waals surface area (Å²) in [6, 6.07) is 5.84. The van der Waals surface area contributed by atoms with Gasteiger partial charge in [0.2, 0.25) is 0 Å². The lowest BCUT2D eigenvalue weighted by Gasteiger charge is -2.19. The van der Waals surface area contributed by atoms with Gasteiger partial charge in [0, 0.05) is 11.3 Å². The minimum Gasteiger partial charge on any atom is -0.267 e. The molecule has 102 valence electrons. The van der Waals surface area contributed by atoms with Crippen molar-refractivity contribution in [3.63, 3.8) is 0 Å². The van der Waals surface area contributed by atoms with E-state index in [9.17, 15) is 4.79 Å². The molecule has 1 amide bonds. The zero-order chi connectivity index (χ0) is 13.8. The van der Waals surface area contributed by atoms with Crippen molar-refractivity contribution in [3.05, 3.63) is 34.9 Å². The summed E-state index contributed by atoms with van der Waals surface area (Å²) < 4.78 is 0. The third-order valence-electron chi connectivity index (χ3n) is 3.82. The number of hydrogen-bond donors (Lipinski definition) is 1. The summed E-state index contributed by atoms with van der Waals surface area (Å²) in [5.74, 6) is 0.385. The summed E-state index contributed by atoms with van der Waals surface area (Å²) in [5.41, 5.74) is 6.71. The molecule has 0 radical (unpaired) electrons. The highest BCUT2D eigenvalue weighted by Gasteiger charge is 2.16. The van der Waals surface area contributed by atoms with Crippen LogP contribution in [0.25, 0.3) is 0 Å². The lowest BCUT2D eigenvalue weighted by atomic mass is 9.89. The quantitative estimate of drug-likeness (QED) is 0.809. The van der Waals surface area contributed by atoms with E-state index in [0.29, 0.717) is 11.5 Å². The number of rotatable bonds is 2. The van der Waals surface area contributed by atoms with Gasteiger partial charge >= 0.3 is 0 Å². The van der Waals surface area contributed by atoms with Crippen LogP contribution in [-0.4, -0.2) is 11.6 Å². The summed E-state index contributed by atoms with van der Waals surface area (Å²) >= 11 is 0. The van der Waals surface area contributed by atoms with Gasteiger partial charge in [0.05, 0.1) is 0 Å². The molecule has 1 aromatic rings. The van der Waals surface area contributed by atoms with Crippen LogP contribution in [0.5, 0.6) is 0 Å². The first kappa shape index (κ1) is 13.8. The molecule has 1 unspecified atom stereocenters. The zero-order valence-electron chi connectivity index (χ0n) is 12.0. The van der Waals surface area contributed by atoms with Gasteiger partial charge in [0.1, 0.15) is 0 Å². The van der Waals surface area contributed by atoms with Crippen molar-refractivity contribution in [3.8, 4) is 0 Å². The van der Waals surface area contributed by atoms with E-state index in [1.165, 1.54) is 24.8 Å². The van der Waals surface area contributed by atoms with Gasteiger partial charge < -0.3 is 0 Å². The molecule has 1 saturated carbocycles. The van der Waals surface area contributed by atoms with Crippen molar-refractivity contribution in [2.75, 3.05) is 0 Å². The van der Waals surface area contributed by atoms with E-state index in [0.717, 1.165) is 17.7 Å². The number of carbonyl (C=O) groups excluding carboxylic acids is 1. The summed E-state index contributed by atoms with van der Waals surface area (Å²) in [6.07, 6.45) is 4.64. The molecule has 19 heavy (non-hydrogen) atoms. The molecule has 1 aliphatic rings. The molecular formula is C16H22N2O. The summed E-state index contributed by atoms with van der Waals surface area (Å²) in [5, 5.41) is 4.32. The molecule has 0 spiro atoms. The summed E-state index contributed by atoms with van der Waals surface area (Å²) in [7, 11) is 0. The number of amides is 1. The predicted octanol–water partition coefficient (Wildman–Crippen LogP) is 3.60. The van der Waals surface area contributed by atoms with Gasteiger partial charge in [-0.05, 0) is 50.7 Å². The van der Waals surface area contributed by atoms with Gasteiger partial charge in [-0.2, -0.15) is 5.10 Å². The Hall–Kier alpha value is -1.64. The molecule has 0 aromatic heterocycles. The van der Waals surface area contributed by atoms with Crippen LogP contribution >= 0.6 is 0 Å².